The molecule has 2 N–H and O–H groups in total. The van der Waals surface area contributed by atoms with Crippen molar-refractivity contribution in [1.82, 2.24) is 10.6 Å². The second kappa shape index (κ2) is 7.91. The molecule has 0 spiro atoms. The van der Waals surface area contributed by atoms with E-state index in [9.17, 15) is 4.79 Å². The van der Waals surface area contributed by atoms with Gasteiger partial charge in [0, 0.05) is 31.9 Å². The Morgan fingerprint density at radius 2 is 2.05 bits per heavy atom. The van der Waals surface area contributed by atoms with Crippen molar-refractivity contribution in [2.75, 3.05) is 24.5 Å². The summed E-state index contributed by atoms with van der Waals surface area (Å²) >= 11 is 0. The van der Waals surface area contributed by atoms with Gasteiger partial charge in [-0.3, -0.25) is 0 Å². The highest BCUT2D eigenvalue weighted by Crippen LogP contribution is 2.23. The summed E-state index contributed by atoms with van der Waals surface area (Å²) in [6, 6.07) is 8.45. The molecule has 2 rings (SSSR count). The lowest BCUT2D eigenvalue weighted by molar-refractivity contribution is 0.240. The average molecular weight is 289 g/mol. The molecule has 4 heteroatoms. The zero-order chi connectivity index (χ0) is 15.1. The molecule has 1 heterocycles. The second-order valence-electron chi connectivity index (χ2n) is 5.97. The Morgan fingerprint density at radius 1 is 1.29 bits per heavy atom. The Balaban J connectivity index is 1.83. The summed E-state index contributed by atoms with van der Waals surface area (Å²) in [7, 11) is 0. The Morgan fingerprint density at radius 3 is 2.71 bits per heavy atom. The highest BCUT2D eigenvalue weighted by atomic mass is 16.2. The number of rotatable bonds is 5. The van der Waals surface area contributed by atoms with Crippen LogP contribution in [-0.4, -0.2) is 25.7 Å². The van der Waals surface area contributed by atoms with Crippen molar-refractivity contribution in [2.45, 2.75) is 39.7 Å². The van der Waals surface area contributed by atoms with E-state index in [-0.39, 0.29) is 6.03 Å². The molecule has 0 bridgehead atoms. The van der Waals surface area contributed by atoms with Gasteiger partial charge in [0.25, 0.3) is 0 Å². The number of hydrogen-bond acceptors (Lipinski definition) is 2. The predicted octanol–water partition coefficient (Wildman–Crippen LogP) is 3.13. The van der Waals surface area contributed by atoms with Crippen LogP contribution < -0.4 is 15.5 Å². The molecule has 21 heavy (non-hydrogen) atoms. The van der Waals surface area contributed by atoms with Gasteiger partial charge >= 0.3 is 6.03 Å². The third kappa shape index (κ3) is 4.96. The number of amides is 2. The van der Waals surface area contributed by atoms with Gasteiger partial charge < -0.3 is 15.5 Å². The molecule has 0 unspecified atom stereocenters. The van der Waals surface area contributed by atoms with E-state index in [4.69, 9.17) is 0 Å². The number of nitrogens with zero attached hydrogens (tertiary/aromatic N) is 1. The average Bonchev–Trinajstić information content (AvgIpc) is 2.51. The summed E-state index contributed by atoms with van der Waals surface area (Å²) in [6.07, 6.45) is 3.57. The minimum atomic E-state index is -0.0919. The lowest BCUT2D eigenvalue weighted by Crippen LogP contribution is -2.35. The van der Waals surface area contributed by atoms with Crippen LogP contribution in [0.25, 0.3) is 0 Å². The van der Waals surface area contributed by atoms with Gasteiger partial charge in [-0.25, -0.2) is 4.79 Å². The minimum Gasteiger partial charge on any atom is -0.371 e. The van der Waals surface area contributed by atoms with Crippen molar-refractivity contribution in [3.63, 3.8) is 0 Å². The van der Waals surface area contributed by atoms with Gasteiger partial charge in [0.15, 0.2) is 0 Å². The quantitative estimate of drug-likeness (QED) is 0.874. The largest absolute Gasteiger partial charge is 0.371 e. The van der Waals surface area contributed by atoms with E-state index in [1.165, 1.54) is 18.5 Å². The number of hydrogen-bond donors (Lipinski definition) is 2. The van der Waals surface area contributed by atoms with Crippen LogP contribution in [0.5, 0.6) is 0 Å². The van der Waals surface area contributed by atoms with Crippen LogP contribution in [0.4, 0.5) is 10.5 Å². The van der Waals surface area contributed by atoms with E-state index in [2.05, 4.69) is 46.7 Å². The lowest BCUT2D eigenvalue weighted by atomic mass is 9.99. The first-order valence-electron chi connectivity index (χ1n) is 8.04. The number of urea groups is 1. The fourth-order valence-corrected chi connectivity index (χ4v) is 2.73. The number of benzene rings is 1. The van der Waals surface area contributed by atoms with E-state index >= 15 is 0 Å². The topological polar surface area (TPSA) is 44.4 Å². The molecule has 0 aliphatic carbocycles. The molecule has 0 saturated carbocycles. The molecule has 4 nitrogen and oxygen atoms in total. The monoisotopic (exact) mass is 289 g/mol. The van der Waals surface area contributed by atoms with Crippen LogP contribution in [0.1, 0.15) is 38.7 Å². The Kier molecular flexibility index (Phi) is 5.90. The Hall–Kier alpha value is -1.71. The Labute approximate surface area is 127 Å². The standard InChI is InChI=1S/C17H27N3O/c1-3-10-18-17(21)19-12-15-6-8-16(9-7-15)20-11-4-5-14(2)13-20/h6-9,14H,3-5,10-13H2,1-2H3,(H2,18,19,21)/t14-/m1/s1. The van der Waals surface area contributed by atoms with Gasteiger partial charge in [-0.15, -0.1) is 0 Å². The SMILES string of the molecule is CCCNC(=O)NCc1ccc(N2CCC[C@@H](C)C2)cc1. The number of carbonyl (C=O) groups excluding carboxylic acids is 1. The zero-order valence-electron chi connectivity index (χ0n) is 13.2. The van der Waals surface area contributed by atoms with Crippen LogP contribution in [0.2, 0.25) is 0 Å². The van der Waals surface area contributed by atoms with Gasteiger partial charge in [0.05, 0.1) is 0 Å². The summed E-state index contributed by atoms with van der Waals surface area (Å²) in [6.45, 7) is 7.96. The summed E-state index contributed by atoms with van der Waals surface area (Å²) in [5.41, 5.74) is 2.43. The van der Waals surface area contributed by atoms with Crippen molar-refractivity contribution < 1.29 is 4.79 Å². The van der Waals surface area contributed by atoms with Crippen LogP contribution in [0, 0.1) is 5.92 Å². The van der Waals surface area contributed by atoms with Gasteiger partial charge in [0.2, 0.25) is 0 Å². The Bertz CT molecular complexity index is 444. The number of anilines is 1. The maximum atomic E-state index is 11.5. The summed E-state index contributed by atoms with van der Waals surface area (Å²) < 4.78 is 0. The molecular formula is C17H27N3O. The fraction of sp³-hybridized carbons (Fsp3) is 0.588. The predicted molar refractivity (Wildman–Crippen MR) is 87.6 cm³/mol. The molecule has 1 atom stereocenters. The van der Waals surface area contributed by atoms with Crippen LogP contribution in [-0.2, 0) is 6.54 Å². The molecule has 1 aliphatic heterocycles. The minimum absolute atomic E-state index is 0.0919. The summed E-state index contributed by atoms with van der Waals surface area (Å²) in [5, 5.41) is 5.69. The maximum absolute atomic E-state index is 11.5. The zero-order valence-corrected chi connectivity index (χ0v) is 13.2. The highest BCUT2D eigenvalue weighted by Gasteiger charge is 2.16. The van der Waals surface area contributed by atoms with Gasteiger partial charge in [-0.2, -0.15) is 0 Å². The number of piperidine rings is 1. The van der Waals surface area contributed by atoms with Crippen molar-refractivity contribution in [1.29, 1.82) is 0 Å². The fourth-order valence-electron chi connectivity index (χ4n) is 2.73. The van der Waals surface area contributed by atoms with E-state index < -0.39 is 0 Å². The van der Waals surface area contributed by atoms with Crippen molar-refractivity contribution in [2.24, 2.45) is 5.92 Å². The third-order valence-corrected chi connectivity index (χ3v) is 3.95. The smallest absolute Gasteiger partial charge is 0.315 e. The van der Waals surface area contributed by atoms with Crippen LogP contribution >= 0.6 is 0 Å². The van der Waals surface area contributed by atoms with Crippen molar-refractivity contribution in [3.8, 4) is 0 Å². The van der Waals surface area contributed by atoms with Crippen molar-refractivity contribution >= 4 is 11.7 Å². The van der Waals surface area contributed by atoms with Gasteiger partial charge in [0.1, 0.15) is 0 Å². The normalized spacial score (nSPS) is 18.4. The number of carbonyl (C=O) groups is 1. The highest BCUT2D eigenvalue weighted by molar-refractivity contribution is 5.73. The van der Waals surface area contributed by atoms with Crippen LogP contribution in [0.3, 0.4) is 0 Å². The van der Waals surface area contributed by atoms with E-state index in [0.717, 1.165) is 37.5 Å². The molecule has 1 aromatic rings. The van der Waals surface area contributed by atoms with Crippen LogP contribution in [0.15, 0.2) is 24.3 Å². The summed E-state index contributed by atoms with van der Waals surface area (Å²) in [4.78, 5) is 14.0. The van der Waals surface area contributed by atoms with Crippen molar-refractivity contribution in [3.05, 3.63) is 29.8 Å². The lowest BCUT2D eigenvalue weighted by Gasteiger charge is -2.32. The maximum Gasteiger partial charge on any atom is 0.315 e. The molecule has 1 aromatic carbocycles. The summed E-state index contributed by atoms with van der Waals surface area (Å²) in [5.74, 6) is 0.780. The molecule has 1 fully saturated rings. The van der Waals surface area contributed by atoms with Gasteiger partial charge in [-0.1, -0.05) is 26.0 Å². The molecule has 0 aromatic heterocycles. The molecule has 0 radical (unpaired) electrons. The van der Waals surface area contributed by atoms with E-state index in [1.807, 2.05) is 6.92 Å². The molecular weight excluding hydrogens is 262 g/mol. The first kappa shape index (κ1) is 15.7. The van der Waals surface area contributed by atoms with E-state index in [0.29, 0.717) is 6.54 Å². The molecule has 116 valence electrons. The molecule has 1 saturated heterocycles. The number of nitrogens with one attached hydrogen (secondary N) is 2. The first-order chi connectivity index (χ1) is 10.2. The first-order valence-corrected chi connectivity index (χ1v) is 8.04. The molecule has 2 amide bonds. The van der Waals surface area contributed by atoms with E-state index in [1.54, 1.807) is 0 Å². The third-order valence-electron chi connectivity index (χ3n) is 3.95. The molecule has 1 aliphatic rings. The second-order valence-corrected chi connectivity index (χ2v) is 5.97. The van der Waals surface area contributed by atoms with Gasteiger partial charge in [-0.05, 0) is 42.9 Å².